The second-order valence-electron chi connectivity index (χ2n) is 4.78. The van der Waals surface area contributed by atoms with E-state index in [4.69, 9.17) is 5.11 Å². The van der Waals surface area contributed by atoms with Gasteiger partial charge in [-0.1, -0.05) is 42.5 Å². The molecule has 0 radical (unpaired) electrons. The fraction of sp³-hybridized carbons (Fsp3) is 0.176. The normalized spacial score (nSPS) is 11.7. The number of hydrogen-bond donors (Lipinski definition) is 2. The molecule has 0 saturated carbocycles. The number of aromatic carboxylic acids is 1. The van der Waals surface area contributed by atoms with Gasteiger partial charge < -0.3 is 10.4 Å². The van der Waals surface area contributed by atoms with Gasteiger partial charge in [-0.2, -0.15) is 0 Å². The van der Waals surface area contributed by atoms with E-state index >= 15 is 0 Å². The number of nitrogens with one attached hydrogen (secondary N) is 1. The van der Waals surface area contributed by atoms with Crippen LogP contribution >= 0.6 is 11.8 Å². The molecule has 1 amide bonds. The maximum absolute atomic E-state index is 12.2. The zero-order valence-corrected chi connectivity index (χ0v) is 13.0. The van der Waals surface area contributed by atoms with Crippen LogP contribution in [0.15, 0.2) is 54.6 Å². The molecule has 0 aliphatic heterocycles. The van der Waals surface area contributed by atoms with Crippen molar-refractivity contribution in [3.05, 3.63) is 65.7 Å². The average molecular weight is 315 g/mol. The van der Waals surface area contributed by atoms with E-state index in [0.717, 1.165) is 11.3 Å². The lowest BCUT2D eigenvalue weighted by Crippen LogP contribution is -2.23. The smallest absolute Gasteiger partial charge is 0.337 e. The molecule has 0 aliphatic rings. The van der Waals surface area contributed by atoms with Crippen LogP contribution in [-0.2, 0) is 10.5 Å². The lowest BCUT2D eigenvalue weighted by molar-refractivity contribution is -0.115. The lowest BCUT2D eigenvalue weighted by atomic mass is 10.2. The first-order valence-corrected chi connectivity index (χ1v) is 7.91. The van der Waals surface area contributed by atoms with Crippen molar-refractivity contribution in [3.8, 4) is 0 Å². The first-order valence-electron chi connectivity index (χ1n) is 6.86. The Labute approximate surface area is 133 Å². The molecule has 0 saturated heterocycles. The summed E-state index contributed by atoms with van der Waals surface area (Å²) in [7, 11) is 0. The molecule has 2 aromatic carbocycles. The molecule has 2 N–H and O–H groups in total. The fourth-order valence-corrected chi connectivity index (χ4v) is 2.73. The number of carboxylic acids is 1. The molecule has 4 nitrogen and oxygen atoms in total. The van der Waals surface area contributed by atoms with Crippen molar-refractivity contribution in [2.75, 3.05) is 5.32 Å². The van der Waals surface area contributed by atoms with Crippen LogP contribution in [0.1, 0.15) is 22.8 Å². The Morgan fingerprint density at radius 1 is 1.09 bits per heavy atom. The summed E-state index contributed by atoms with van der Waals surface area (Å²) in [4.78, 5) is 23.3. The first kappa shape index (κ1) is 16.1. The fourth-order valence-electron chi connectivity index (χ4n) is 1.88. The van der Waals surface area contributed by atoms with Gasteiger partial charge in [0.05, 0.1) is 16.5 Å². The highest BCUT2D eigenvalue weighted by Gasteiger charge is 2.17. The van der Waals surface area contributed by atoms with Crippen molar-refractivity contribution in [2.24, 2.45) is 0 Å². The summed E-state index contributed by atoms with van der Waals surface area (Å²) in [6, 6.07) is 16.3. The van der Waals surface area contributed by atoms with E-state index in [-0.39, 0.29) is 16.7 Å². The van der Waals surface area contributed by atoms with Crippen LogP contribution in [0.5, 0.6) is 0 Å². The highest BCUT2D eigenvalue weighted by molar-refractivity contribution is 7.99. The number of rotatable bonds is 6. The third-order valence-corrected chi connectivity index (χ3v) is 4.34. The van der Waals surface area contributed by atoms with Crippen LogP contribution in [0.3, 0.4) is 0 Å². The van der Waals surface area contributed by atoms with Crippen LogP contribution in [0.2, 0.25) is 0 Å². The molecule has 114 valence electrons. The minimum absolute atomic E-state index is 0.0936. The van der Waals surface area contributed by atoms with Crippen LogP contribution in [-0.4, -0.2) is 22.2 Å². The van der Waals surface area contributed by atoms with E-state index in [1.807, 2.05) is 37.3 Å². The number of para-hydroxylation sites is 1. The number of hydrogen-bond acceptors (Lipinski definition) is 3. The third-order valence-electron chi connectivity index (χ3n) is 3.13. The summed E-state index contributed by atoms with van der Waals surface area (Å²) >= 11 is 1.51. The minimum atomic E-state index is -1.06. The predicted molar refractivity (Wildman–Crippen MR) is 89.2 cm³/mol. The third kappa shape index (κ3) is 4.36. The molecule has 22 heavy (non-hydrogen) atoms. The van der Waals surface area contributed by atoms with Crippen LogP contribution in [0.25, 0.3) is 0 Å². The second kappa shape index (κ2) is 7.66. The Hall–Kier alpha value is -2.27. The van der Waals surface area contributed by atoms with Crippen molar-refractivity contribution in [3.63, 3.8) is 0 Å². The van der Waals surface area contributed by atoms with Gasteiger partial charge in [-0.15, -0.1) is 11.8 Å². The quantitative estimate of drug-likeness (QED) is 0.854. The zero-order valence-electron chi connectivity index (χ0n) is 12.2. The van der Waals surface area contributed by atoms with E-state index < -0.39 is 5.97 Å². The largest absolute Gasteiger partial charge is 0.478 e. The molecule has 5 heteroatoms. The molecule has 0 heterocycles. The molecule has 0 bridgehead atoms. The van der Waals surface area contributed by atoms with Crippen LogP contribution in [0, 0.1) is 0 Å². The number of thioether (sulfide) groups is 1. The predicted octanol–water partition coefficient (Wildman–Crippen LogP) is 3.65. The number of amides is 1. The van der Waals surface area contributed by atoms with Crippen molar-refractivity contribution < 1.29 is 14.7 Å². The van der Waals surface area contributed by atoms with Crippen molar-refractivity contribution >= 4 is 29.3 Å². The second-order valence-corrected chi connectivity index (χ2v) is 6.11. The number of benzene rings is 2. The topological polar surface area (TPSA) is 66.4 Å². The standard InChI is InChI=1S/C17H17NO3S/c1-12(22-11-13-7-3-2-4-8-13)16(19)18-15-10-6-5-9-14(15)17(20)21/h2-10,12H,11H2,1H3,(H,18,19)(H,20,21). The molecule has 0 aromatic heterocycles. The number of carboxylic acid groups (broad SMARTS) is 1. The van der Waals surface area contributed by atoms with Gasteiger partial charge in [0.1, 0.15) is 0 Å². The Bertz CT molecular complexity index is 658. The van der Waals surface area contributed by atoms with Gasteiger partial charge in [0, 0.05) is 5.75 Å². The lowest BCUT2D eigenvalue weighted by Gasteiger charge is -2.13. The maximum Gasteiger partial charge on any atom is 0.337 e. The van der Waals surface area contributed by atoms with Crippen LogP contribution < -0.4 is 5.32 Å². The van der Waals surface area contributed by atoms with E-state index in [1.165, 1.54) is 17.8 Å². The van der Waals surface area contributed by atoms with Gasteiger partial charge in [0.25, 0.3) is 0 Å². The molecule has 0 aliphatic carbocycles. The summed E-state index contributed by atoms with van der Waals surface area (Å²) in [6.45, 7) is 1.81. The SMILES string of the molecule is CC(SCc1ccccc1)C(=O)Nc1ccccc1C(=O)O. The summed E-state index contributed by atoms with van der Waals surface area (Å²) in [5.41, 5.74) is 1.57. The summed E-state index contributed by atoms with van der Waals surface area (Å²) < 4.78 is 0. The van der Waals surface area contributed by atoms with Gasteiger partial charge in [-0.3, -0.25) is 4.79 Å². The highest BCUT2D eigenvalue weighted by Crippen LogP contribution is 2.21. The number of carbonyl (C=O) groups excluding carboxylic acids is 1. The van der Waals surface area contributed by atoms with E-state index in [1.54, 1.807) is 18.2 Å². The van der Waals surface area contributed by atoms with Gasteiger partial charge >= 0.3 is 5.97 Å². The Kier molecular flexibility index (Phi) is 5.61. The molecule has 1 unspecified atom stereocenters. The molecule has 0 spiro atoms. The van der Waals surface area contributed by atoms with Crippen LogP contribution in [0.4, 0.5) is 5.69 Å². The van der Waals surface area contributed by atoms with Gasteiger partial charge in [0.15, 0.2) is 0 Å². The van der Waals surface area contributed by atoms with E-state index in [9.17, 15) is 9.59 Å². The summed E-state index contributed by atoms with van der Waals surface area (Å²) in [6.07, 6.45) is 0. The van der Waals surface area contributed by atoms with E-state index in [2.05, 4.69) is 5.32 Å². The molecular formula is C17H17NO3S. The molecular weight excluding hydrogens is 298 g/mol. The Morgan fingerprint density at radius 2 is 1.73 bits per heavy atom. The molecule has 1 atom stereocenters. The van der Waals surface area contributed by atoms with Crippen molar-refractivity contribution in [1.29, 1.82) is 0 Å². The zero-order chi connectivity index (χ0) is 15.9. The summed E-state index contributed by atoms with van der Waals surface area (Å²) in [5.74, 6) is -0.522. The first-order chi connectivity index (χ1) is 10.6. The Balaban J connectivity index is 1.96. The minimum Gasteiger partial charge on any atom is -0.478 e. The summed E-state index contributed by atoms with van der Waals surface area (Å²) in [5, 5.41) is 11.5. The molecule has 2 aromatic rings. The van der Waals surface area contributed by atoms with Gasteiger partial charge in [-0.05, 0) is 24.6 Å². The monoisotopic (exact) mass is 315 g/mol. The maximum atomic E-state index is 12.2. The van der Waals surface area contributed by atoms with E-state index in [0.29, 0.717) is 5.69 Å². The van der Waals surface area contributed by atoms with Crippen molar-refractivity contribution in [1.82, 2.24) is 0 Å². The van der Waals surface area contributed by atoms with Gasteiger partial charge in [0.2, 0.25) is 5.91 Å². The highest BCUT2D eigenvalue weighted by atomic mass is 32.2. The Morgan fingerprint density at radius 3 is 2.41 bits per heavy atom. The van der Waals surface area contributed by atoms with Gasteiger partial charge in [-0.25, -0.2) is 4.79 Å². The number of carbonyl (C=O) groups is 2. The van der Waals surface area contributed by atoms with Crippen molar-refractivity contribution in [2.45, 2.75) is 17.9 Å². The molecule has 2 rings (SSSR count). The average Bonchev–Trinajstić information content (AvgIpc) is 2.53. The number of anilines is 1. The molecule has 0 fully saturated rings.